The molecule has 0 saturated carbocycles. The monoisotopic (exact) mass is 392 g/mol. The molecule has 0 saturated heterocycles. The zero-order chi connectivity index (χ0) is 20.8. The third-order valence-electron chi connectivity index (χ3n) is 4.67. The van der Waals surface area contributed by atoms with Gasteiger partial charge in [-0.15, -0.1) is 0 Å². The quantitative estimate of drug-likeness (QED) is 0.510. The van der Waals surface area contributed by atoms with E-state index >= 15 is 0 Å². The molecule has 4 rings (SSSR count). The molecule has 148 valence electrons. The van der Waals surface area contributed by atoms with Crippen LogP contribution in [-0.2, 0) is 4.74 Å². The molecule has 6 heteroatoms. The Labute approximate surface area is 167 Å². The number of halogens is 1. The molecule has 29 heavy (non-hydrogen) atoms. The van der Waals surface area contributed by atoms with E-state index in [1.807, 2.05) is 6.07 Å². The average molecular weight is 392 g/mol. The van der Waals surface area contributed by atoms with Crippen LogP contribution in [0.4, 0.5) is 9.18 Å². The van der Waals surface area contributed by atoms with E-state index in [1.54, 1.807) is 63.5 Å². The van der Waals surface area contributed by atoms with Crippen molar-refractivity contribution in [3.8, 4) is 0 Å². The maximum atomic E-state index is 14.0. The van der Waals surface area contributed by atoms with E-state index in [0.29, 0.717) is 22.2 Å². The van der Waals surface area contributed by atoms with Gasteiger partial charge in [-0.1, -0.05) is 12.1 Å². The number of aliphatic hydroxyl groups excluding tert-OH is 1. The molecule has 2 heterocycles. The number of pyridine rings is 1. The molecule has 4 aromatic rings. The Morgan fingerprint density at radius 1 is 1.00 bits per heavy atom. The molecule has 1 atom stereocenters. The summed E-state index contributed by atoms with van der Waals surface area (Å²) < 4.78 is 20.9. The van der Waals surface area contributed by atoms with Gasteiger partial charge in [0, 0.05) is 23.2 Å². The van der Waals surface area contributed by atoms with Crippen LogP contribution in [0.3, 0.4) is 0 Å². The second kappa shape index (κ2) is 6.97. The Bertz CT molecular complexity index is 1210. The van der Waals surface area contributed by atoms with Crippen molar-refractivity contribution in [2.75, 3.05) is 0 Å². The van der Waals surface area contributed by atoms with E-state index in [9.17, 15) is 14.3 Å². The lowest BCUT2D eigenvalue weighted by molar-refractivity contribution is 0.0551. The van der Waals surface area contributed by atoms with Gasteiger partial charge in [-0.2, -0.15) is 0 Å². The number of carbonyl (C=O) groups excluding carboxylic acids is 1. The van der Waals surface area contributed by atoms with Crippen LogP contribution >= 0.6 is 0 Å². The Kier molecular flexibility index (Phi) is 4.59. The molecule has 0 aliphatic carbocycles. The van der Waals surface area contributed by atoms with Gasteiger partial charge in [-0.3, -0.25) is 4.98 Å². The van der Waals surface area contributed by atoms with E-state index in [4.69, 9.17) is 4.74 Å². The molecule has 0 aliphatic heterocycles. The van der Waals surface area contributed by atoms with Gasteiger partial charge in [0.1, 0.15) is 17.5 Å². The van der Waals surface area contributed by atoms with Crippen LogP contribution in [0.2, 0.25) is 0 Å². The lowest BCUT2D eigenvalue weighted by Gasteiger charge is -2.20. The molecule has 5 nitrogen and oxygen atoms in total. The fraction of sp³-hybridized carbons (Fsp3) is 0.217. The predicted molar refractivity (Wildman–Crippen MR) is 109 cm³/mol. The van der Waals surface area contributed by atoms with Gasteiger partial charge < -0.3 is 9.84 Å². The van der Waals surface area contributed by atoms with Crippen LogP contribution in [-0.4, -0.2) is 26.4 Å². The Balaban J connectivity index is 1.94. The Morgan fingerprint density at radius 2 is 1.62 bits per heavy atom. The summed E-state index contributed by atoms with van der Waals surface area (Å²) in [6.45, 7) is 5.33. The Morgan fingerprint density at radius 3 is 2.28 bits per heavy atom. The molecule has 0 spiro atoms. The van der Waals surface area contributed by atoms with Crippen molar-refractivity contribution in [1.29, 1.82) is 0 Å². The Hall–Kier alpha value is -3.25. The number of nitrogens with zero attached hydrogens (tertiary/aromatic N) is 2. The smallest absolute Gasteiger partial charge is 0.419 e. The van der Waals surface area contributed by atoms with Crippen LogP contribution in [0, 0.1) is 5.82 Å². The minimum Gasteiger partial charge on any atom is -0.443 e. The first-order valence-electron chi connectivity index (χ1n) is 9.29. The fourth-order valence-corrected chi connectivity index (χ4v) is 3.42. The average Bonchev–Trinajstić information content (AvgIpc) is 2.99. The zero-order valence-electron chi connectivity index (χ0n) is 16.4. The van der Waals surface area contributed by atoms with Crippen molar-refractivity contribution in [3.63, 3.8) is 0 Å². The highest BCUT2D eigenvalue weighted by Gasteiger charge is 2.23. The molecule has 0 fully saturated rings. The highest BCUT2D eigenvalue weighted by molar-refractivity contribution is 6.12. The number of ether oxygens (including phenoxy) is 1. The van der Waals surface area contributed by atoms with Crippen LogP contribution in [0.5, 0.6) is 0 Å². The van der Waals surface area contributed by atoms with Gasteiger partial charge in [0.15, 0.2) is 0 Å². The first kappa shape index (κ1) is 19.1. The van der Waals surface area contributed by atoms with Crippen LogP contribution in [0.1, 0.15) is 38.0 Å². The van der Waals surface area contributed by atoms with Crippen LogP contribution in [0.15, 0.2) is 60.9 Å². The van der Waals surface area contributed by atoms with Gasteiger partial charge >= 0.3 is 6.09 Å². The zero-order valence-corrected chi connectivity index (χ0v) is 16.4. The first-order chi connectivity index (χ1) is 13.7. The van der Waals surface area contributed by atoms with Gasteiger partial charge in [-0.05, 0) is 68.3 Å². The number of rotatable bonds is 2. The second-order valence-electron chi connectivity index (χ2n) is 7.94. The SMILES string of the molecule is CC(C)(C)OC(=O)n1c2cc(F)ccc2c2ccc(C(O)c3ccncc3)cc21. The number of carbonyl (C=O) groups is 1. The summed E-state index contributed by atoms with van der Waals surface area (Å²) in [7, 11) is 0. The molecule has 0 bridgehead atoms. The highest BCUT2D eigenvalue weighted by Crippen LogP contribution is 2.33. The van der Waals surface area contributed by atoms with Crippen molar-refractivity contribution in [1.82, 2.24) is 9.55 Å². The molecule has 1 unspecified atom stereocenters. The minimum absolute atomic E-state index is 0.421. The number of fused-ring (bicyclic) bond motifs is 3. The van der Waals surface area contributed by atoms with Gasteiger partial charge in [0.2, 0.25) is 0 Å². The maximum absolute atomic E-state index is 14.0. The second-order valence-corrected chi connectivity index (χ2v) is 7.94. The van der Waals surface area contributed by atoms with E-state index in [2.05, 4.69) is 4.98 Å². The number of hydrogen-bond acceptors (Lipinski definition) is 4. The third kappa shape index (κ3) is 3.59. The third-order valence-corrected chi connectivity index (χ3v) is 4.67. The standard InChI is InChI=1S/C23H21FN2O3/c1-23(2,3)29-22(28)26-19-12-15(21(27)14-8-10-25-11-9-14)4-6-17(19)18-7-5-16(24)13-20(18)26/h4-13,21,27H,1-3H3. The predicted octanol–water partition coefficient (Wildman–Crippen LogP) is 5.19. The molecular formula is C23H21FN2O3. The largest absolute Gasteiger partial charge is 0.443 e. The van der Waals surface area contributed by atoms with E-state index < -0.39 is 23.6 Å². The van der Waals surface area contributed by atoms with Crippen molar-refractivity contribution < 1.29 is 19.0 Å². The lowest BCUT2D eigenvalue weighted by atomic mass is 10.0. The molecule has 0 amide bonds. The minimum atomic E-state index is -0.885. The normalized spacial score (nSPS) is 13.0. The van der Waals surface area contributed by atoms with E-state index in [-0.39, 0.29) is 0 Å². The van der Waals surface area contributed by atoms with Gasteiger partial charge in [0.05, 0.1) is 11.0 Å². The first-order valence-corrected chi connectivity index (χ1v) is 9.29. The highest BCUT2D eigenvalue weighted by atomic mass is 19.1. The topological polar surface area (TPSA) is 64.3 Å². The summed E-state index contributed by atoms with van der Waals surface area (Å²) in [5.41, 5.74) is 1.55. The number of aromatic nitrogens is 2. The lowest BCUT2D eigenvalue weighted by Crippen LogP contribution is -2.27. The van der Waals surface area contributed by atoms with Gasteiger partial charge in [0.25, 0.3) is 0 Å². The summed E-state index contributed by atoms with van der Waals surface area (Å²) in [5.74, 6) is -0.442. The molecule has 2 aromatic carbocycles. The fourth-order valence-electron chi connectivity index (χ4n) is 3.42. The van der Waals surface area contributed by atoms with Crippen molar-refractivity contribution in [2.45, 2.75) is 32.5 Å². The van der Waals surface area contributed by atoms with Crippen molar-refractivity contribution in [3.05, 3.63) is 77.9 Å². The molecule has 1 N–H and O–H groups in total. The summed E-state index contributed by atoms with van der Waals surface area (Å²) >= 11 is 0. The summed E-state index contributed by atoms with van der Waals surface area (Å²) in [5, 5.41) is 12.3. The summed E-state index contributed by atoms with van der Waals surface area (Å²) in [4.78, 5) is 16.9. The molecule has 0 radical (unpaired) electrons. The summed E-state index contributed by atoms with van der Waals surface area (Å²) in [6.07, 6.45) is 1.73. The maximum Gasteiger partial charge on any atom is 0.419 e. The molecule has 2 aromatic heterocycles. The molecule has 0 aliphatic rings. The van der Waals surface area contributed by atoms with Crippen LogP contribution < -0.4 is 0 Å². The number of hydrogen-bond donors (Lipinski definition) is 1. The van der Waals surface area contributed by atoms with E-state index in [0.717, 1.165) is 10.8 Å². The van der Waals surface area contributed by atoms with Crippen molar-refractivity contribution in [2.24, 2.45) is 0 Å². The van der Waals surface area contributed by atoms with Gasteiger partial charge in [-0.25, -0.2) is 13.8 Å². The molecular weight excluding hydrogens is 371 g/mol. The number of benzene rings is 2. The number of aliphatic hydroxyl groups is 1. The van der Waals surface area contributed by atoms with Crippen molar-refractivity contribution >= 4 is 27.9 Å². The summed E-state index contributed by atoms with van der Waals surface area (Å²) in [6, 6.07) is 13.2. The van der Waals surface area contributed by atoms with Crippen LogP contribution in [0.25, 0.3) is 21.8 Å². The van der Waals surface area contributed by atoms with E-state index in [1.165, 1.54) is 16.7 Å².